The van der Waals surface area contributed by atoms with E-state index in [-0.39, 0.29) is 0 Å². The van der Waals surface area contributed by atoms with E-state index < -0.39 is 0 Å². The van der Waals surface area contributed by atoms with Gasteiger partial charge in [-0.1, -0.05) is 18.2 Å². The smallest absolute Gasteiger partial charge is 0.130 e. The highest BCUT2D eigenvalue weighted by Crippen LogP contribution is 2.26. The van der Waals surface area contributed by atoms with Crippen molar-refractivity contribution in [3.05, 3.63) is 48.7 Å². The monoisotopic (exact) mass is 268 g/mol. The second-order valence-corrected chi connectivity index (χ2v) is 5.21. The largest absolute Gasteiger partial charge is 0.492 e. The maximum Gasteiger partial charge on any atom is 0.130 e. The van der Waals surface area contributed by atoms with Crippen LogP contribution in [0.25, 0.3) is 10.9 Å². The Bertz CT molecular complexity index is 605. The third-order valence-electron chi connectivity index (χ3n) is 3.46. The SMILES string of the molecule is C=CCCOc1cc(CNC2CC2)nc2ccccc12. The summed E-state index contributed by atoms with van der Waals surface area (Å²) in [6.45, 7) is 5.20. The molecular weight excluding hydrogens is 248 g/mol. The van der Waals surface area contributed by atoms with Crippen molar-refractivity contribution in [2.75, 3.05) is 6.61 Å². The molecule has 1 aliphatic carbocycles. The molecular formula is C17H20N2O. The van der Waals surface area contributed by atoms with Crippen molar-refractivity contribution in [1.29, 1.82) is 0 Å². The molecule has 0 spiro atoms. The van der Waals surface area contributed by atoms with Crippen LogP contribution in [0.4, 0.5) is 0 Å². The Morgan fingerprint density at radius 1 is 1.35 bits per heavy atom. The van der Waals surface area contributed by atoms with Crippen LogP contribution in [0.5, 0.6) is 5.75 Å². The predicted molar refractivity (Wildman–Crippen MR) is 81.9 cm³/mol. The van der Waals surface area contributed by atoms with Crippen molar-refractivity contribution in [3.8, 4) is 5.75 Å². The first-order valence-electron chi connectivity index (χ1n) is 7.22. The molecule has 3 heteroatoms. The number of nitrogens with one attached hydrogen (secondary N) is 1. The van der Waals surface area contributed by atoms with E-state index in [0.29, 0.717) is 12.6 Å². The zero-order valence-corrected chi connectivity index (χ0v) is 11.6. The Labute approximate surface area is 119 Å². The summed E-state index contributed by atoms with van der Waals surface area (Å²) in [6.07, 6.45) is 5.30. The topological polar surface area (TPSA) is 34.1 Å². The Hall–Kier alpha value is -1.87. The van der Waals surface area contributed by atoms with Crippen LogP contribution < -0.4 is 10.1 Å². The Kier molecular flexibility index (Phi) is 3.97. The first-order chi connectivity index (χ1) is 9.86. The molecule has 0 saturated heterocycles. The van der Waals surface area contributed by atoms with E-state index in [1.54, 1.807) is 0 Å². The van der Waals surface area contributed by atoms with Crippen LogP contribution in [0.3, 0.4) is 0 Å². The van der Waals surface area contributed by atoms with Gasteiger partial charge in [0.2, 0.25) is 0 Å². The lowest BCUT2D eigenvalue weighted by Crippen LogP contribution is -2.16. The van der Waals surface area contributed by atoms with Gasteiger partial charge in [0.1, 0.15) is 5.75 Å². The third-order valence-corrected chi connectivity index (χ3v) is 3.46. The van der Waals surface area contributed by atoms with Gasteiger partial charge in [0, 0.05) is 24.0 Å². The third kappa shape index (κ3) is 3.17. The fraction of sp³-hybridized carbons (Fsp3) is 0.353. The fourth-order valence-corrected chi connectivity index (χ4v) is 2.19. The van der Waals surface area contributed by atoms with E-state index in [1.807, 2.05) is 24.3 Å². The molecule has 1 aromatic heterocycles. The molecule has 104 valence electrons. The highest BCUT2D eigenvalue weighted by molar-refractivity contribution is 5.85. The summed E-state index contributed by atoms with van der Waals surface area (Å²) in [5, 5.41) is 4.57. The highest BCUT2D eigenvalue weighted by atomic mass is 16.5. The van der Waals surface area contributed by atoms with Crippen molar-refractivity contribution in [2.24, 2.45) is 0 Å². The van der Waals surface area contributed by atoms with Crippen molar-refractivity contribution < 1.29 is 4.74 Å². The number of nitrogens with zero attached hydrogens (tertiary/aromatic N) is 1. The summed E-state index contributed by atoms with van der Waals surface area (Å²) in [6, 6.07) is 10.9. The number of pyridine rings is 1. The second kappa shape index (κ2) is 6.06. The first kappa shape index (κ1) is 13.1. The number of ether oxygens (including phenoxy) is 1. The van der Waals surface area contributed by atoms with Crippen LogP contribution >= 0.6 is 0 Å². The second-order valence-electron chi connectivity index (χ2n) is 5.21. The number of benzene rings is 1. The summed E-state index contributed by atoms with van der Waals surface area (Å²) in [5.74, 6) is 0.921. The normalized spacial score (nSPS) is 14.4. The molecule has 1 fully saturated rings. The van der Waals surface area contributed by atoms with Crippen molar-refractivity contribution in [1.82, 2.24) is 10.3 Å². The standard InChI is InChI=1S/C17H20N2O/c1-2-3-10-20-17-11-14(12-18-13-8-9-13)19-16-7-5-4-6-15(16)17/h2,4-7,11,13,18H,1,3,8-10,12H2. The maximum atomic E-state index is 5.88. The molecule has 1 heterocycles. The minimum atomic E-state index is 0.660. The van der Waals surface area contributed by atoms with Crippen LogP contribution in [0.15, 0.2) is 43.0 Å². The van der Waals surface area contributed by atoms with Gasteiger partial charge < -0.3 is 10.1 Å². The van der Waals surface area contributed by atoms with Gasteiger partial charge in [0.15, 0.2) is 0 Å². The molecule has 1 aromatic carbocycles. The van der Waals surface area contributed by atoms with E-state index in [0.717, 1.165) is 35.3 Å². The van der Waals surface area contributed by atoms with Gasteiger partial charge in [0.05, 0.1) is 17.8 Å². The van der Waals surface area contributed by atoms with Crippen molar-refractivity contribution >= 4 is 10.9 Å². The molecule has 3 rings (SSSR count). The zero-order valence-electron chi connectivity index (χ0n) is 11.6. The van der Waals surface area contributed by atoms with E-state index in [9.17, 15) is 0 Å². The molecule has 0 aliphatic heterocycles. The molecule has 0 atom stereocenters. The van der Waals surface area contributed by atoms with E-state index in [2.05, 4.69) is 24.0 Å². The number of rotatable bonds is 7. The Balaban J connectivity index is 1.84. The van der Waals surface area contributed by atoms with Crippen LogP contribution in [0, 0.1) is 0 Å². The molecule has 1 aliphatic rings. The lowest BCUT2D eigenvalue weighted by Gasteiger charge is -2.11. The summed E-state index contributed by atoms with van der Waals surface area (Å²) in [4.78, 5) is 4.70. The zero-order chi connectivity index (χ0) is 13.8. The molecule has 1 saturated carbocycles. The van der Waals surface area contributed by atoms with Crippen molar-refractivity contribution in [2.45, 2.75) is 31.8 Å². The number of hydrogen-bond acceptors (Lipinski definition) is 3. The summed E-state index contributed by atoms with van der Waals surface area (Å²) in [5.41, 5.74) is 2.04. The van der Waals surface area contributed by atoms with Crippen LogP contribution in [-0.4, -0.2) is 17.6 Å². The van der Waals surface area contributed by atoms with Gasteiger partial charge >= 0.3 is 0 Å². The summed E-state index contributed by atoms with van der Waals surface area (Å²) < 4.78 is 5.88. The van der Waals surface area contributed by atoms with E-state index in [4.69, 9.17) is 9.72 Å². The van der Waals surface area contributed by atoms with Gasteiger partial charge in [-0.25, -0.2) is 0 Å². The van der Waals surface area contributed by atoms with E-state index in [1.165, 1.54) is 12.8 Å². The first-order valence-corrected chi connectivity index (χ1v) is 7.22. The quantitative estimate of drug-likeness (QED) is 0.617. The Morgan fingerprint density at radius 3 is 3.00 bits per heavy atom. The number of hydrogen-bond donors (Lipinski definition) is 1. The highest BCUT2D eigenvalue weighted by Gasteiger charge is 2.20. The molecule has 20 heavy (non-hydrogen) atoms. The van der Waals surface area contributed by atoms with Gasteiger partial charge in [-0.15, -0.1) is 6.58 Å². The number of fused-ring (bicyclic) bond motifs is 1. The molecule has 3 nitrogen and oxygen atoms in total. The summed E-state index contributed by atoms with van der Waals surface area (Å²) >= 11 is 0. The van der Waals surface area contributed by atoms with Gasteiger partial charge in [-0.05, 0) is 31.4 Å². The fourth-order valence-electron chi connectivity index (χ4n) is 2.19. The van der Waals surface area contributed by atoms with Gasteiger partial charge in [0.25, 0.3) is 0 Å². The molecule has 2 aromatic rings. The average Bonchev–Trinajstić information content (AvgIpc) is 3.29. The average molecular weight is 268 g/mol. The lowest BCUT2D eigenvalue weighted by atomic mass is 10.2. The van der Waals surface area contributed by atoms with Gasteiger partial charge in [-0.2, -0.15) is 0 Å². The summed E-state index contributed by atoms with van der Waals surface area (Å²) in [7, 11) is 0. The number of aromatic nitrogens is 1. The molecule has 1 N–H and O–H groups in total. The maximum absolute atomic E-state index is 5.88. The molecule has 0 bridgehead atoms. The van der Waals surface area contributed by atoms with Crippen molar-refractivity contribution in [3.63, 3.8) is 0 Å². The molecule has 0 unspecified atom stereocenters. The van der Waals surface area contributed by atoms with Crippen LogP contribution in [0.2, 0.25) is 0 Å². The van der Waals surface area contributed by atoms with Crippen LogP contribution in [-0.2, 0) is 6.54 Å². The minimum absolute atomic E-state index is 0.660. The van der Waals surface area contributed by atoms with Crippen LogP contribution in [0.1, 0.15) is 25.0 Å². The number of para-hydroxylation sites is 1. The lowest BCUT2D eigenvalue weighted by molar-refractivity contribution is 0.328. The molecule has 0 amide bonds. The minimum Gasteiger partial charge on any atom is -0.492 e. The van der Waals surface area contributed by atoms with E-state index >= 15 is 0 Å². The van der Waals surface area contributed by atoms with Gasteiger partial charge in [-0.3, -0.25) is 4.98 Å². The Morgan fingerprint density at radius 2 is 2.20 bits per heavy atom. The predicted octanol–water partition coefficient (Wildman–Crippen LogP) is 3.44. The molecule has 0 radical (unpaired) electrons.